The number of hydrogen-bond donors (Lipinski definition) is 0. The number of rotatable bonds is 0. The molecule has 2 N–H and O–H groups in total. The van der Waals surface area contributed by atoms with Crippen molar-refractivity contribution in [1.29, 1.82) is 5.26 Å². The fraction of sp³-hybridized carbons (Fsp3) is 0.750. The Morgan fingerprint density at radius 3 is 1.50 bits per heavy atom. The lowest BCUT2D eigenvalue weighted by Crippen LogP contribution is -1.70. The van der Waals surface area contributed by atoms with Gasteiger partial charge in [0.05, 0.1) is 6.07 Å². The Bertz CT molecular complexity index is 82.5. The van der Waals surface area contributed by atoms with Crippen molar-refractivity contribution < 1.29 is 9.69 Å². The summed E-state index contributed by atoms with van der Waals surface area (Å²) in [5.41, 5.74) is 0. The second kappa shape index (κ2) is 16.0. The molecule has 0 aliphatic carbocycles. The van der Waals surface area contributed by atoms with E-state index in [9.17, 15) is 4.21 Å². The maximum absolute atomic E-state index is 9.56. The molecule has 0 aliphatic rings. The van der Waals surface area contributed by atoms with Crippen molar-refractivity contribution in [2.45, 2.75) is 6.92 Å². The summed E-state index contributed by atoms with van der Waals surface area (Å²) >= 11 is 0. The van der Waals surface area contributed by atoms with Crippen LogP contribution in [0.4, 0.5) is 0 Å². The molecule has 0 bridgehead atoms. The van der Waals surface area contributed by atoms with E-state index in [2.05, 4.69) is 0 Å². The van der Waals surface area contributed by atoms with Crippen molar-refractivity contribution in [2.75, 3.05) is 12.5 Å². The van der Waals surface area contributed by atoms with Gasteiger partial charge in [0, 0.05) is 30.2 Å². The third-order valence-electron chi connectivity index (χ3n) is 0. The third kappa shape index (κ3) is 741. The Labute approximate surface area is 52.1 Å². The van der Waals surface area contributed by atoms with Gasteiger partial charge in [0.1, 0.15) is 0 Å². The van der Waals surface area contributed by atoms with Gasteiger partial charge in [-0.3, -0.25) is 4.21 Å². The number of nitrogens with zero attached hydrogens (tertiary/aromatic N) is 1. The predicted molar refractivity (Wildman–Crippen MR) is 34.9 cm³/mol. The Morgan fingerprint density at radius 1 is 1.50 bits per heavy atom. The smallest absolute Gasteiger partial charge is 0.0587 e. The molecule has 0 atom stereocenters. The first-order valence-electron chi connectivity index (χ1n) is 1.71. The van der Waals surface area contributed by atoms with Crippen LogP contribution in [0.25, 0.3) is 0 Å². The van der Waals surface area contributed by atoms with Crippen LogP contribution in [0, 0.1) is 11.3 Å². The van der Waals surface area contributed by atoms with Crippen LogP contribution in [-0.4, -0.2) is 22.2 Å². The highest BCUT2D eigenvalue weighted by Crippen LogP contribution is 1.47. The van der Waals surface area contributed by atoms with E-state index in [0.717, 1.165) is 0 Å². The first-order chi connectivity index (χ1) is 3.15. The maximum Gasteiger partial charge on any atom is 0.0587 e. The van der Waals surface area contributed by atoms with E-state index in [0.29, 0.717) is 0 Å². The standard InChI is InChI=1S/C2H3N.C2H6OS.H2O/c1-2-3;1-4(2)3;/h1H3;1-2H3;1H2. The second-order valence-electron chi connectivity index (χ2n) is 0.965. The summed E-state index contributed by atoms with van der Waals surface area (Å²) in [7, 11) is -0.611. The van der Waals surface area contributed by atoms with E-state index in [4.69, 9.17) is 5.26 Å². The van der Waals surface area contributed by atoms with Crippen molar-refractivity contribution in [3.05, 3.63) is 0 Å². The van der Waals surface area contributed by atoms with Gasteiger partial charge in [-0.15, -0.1) is 0 Å². The molecule has 0 aliphatic heterocycles. The Morgan fingerprint density at radius 2 is 1.50 bits per heavy atom. The van der Waals surface area contributed by atoms with Gasteiger partial charge in [0.2, 0.25) is 0 Å². The highest BCUT2D eigenvalue weighted by molar-refractivity contribution is 7.83. The molecule has 0 saturated carbocycles. The Balaban J connectivity index is -0.0000000575. The van der Waals surface area contributed by atoms with Gasteiger partial charge >= 0.3 is 0 Å². The zero-order valence-corrected chi connectivity index (χ0v) is 6.08. The lowest BCUT2D eigenvalue weighted by Gasteiger charge is -1.60. The van der Waals surface area contributed by atoms with E-state index in [1.54, 1.807) is 18.6 Å². The lowest BCUT2D eigenvalue weighted by atomic mass is 11.0. The SMILES string of the molecule is CC#N.CS(C)=O.O. The van der Waals surface area contributed by atoms with Gasteiger partial charge in [0.15, 0.2) is 0 Å². The second-order valence-corrected chi connectivity index (χ2v) is 2.45. The molecule has 8 heavy (non-hydrogen) atoms. The van der Waals surface area contributed by atoms with Crippen LogP contribution in [0.5, 0.6) is 0 Å². The molecular formula is C4H11NO2S. The molecule has 0 aromatic heterocycles. The summed E-state index contributed by atoms with van der Waals surface area (Å²) in [6.07, 6.45) is 3.28. The minimum Gasteiger partial charge on any atom is -0.412 e. The number of nitriles is 1. The molecule has 0 saturated heterocycles. The van der Waals surface area contributed by atoms with E-state index < -0.39 is 10.8 Å². The third-order valence-corrected chi connectivity index (χ3v) is 0. The molecule has 0 radical (unpaired) electrons. The molecule has 0 aromatic rings. The zero-order chi connectivity index (χ0) is 6.28. The monoisotopic (exact) mass is 137 g/mol. The van der Waals surface area contributed by atoms with Crippen LogP contribution in [0.1, 0.15) is 6.92 Å². The summed E-state index contributed by atoms with van der Waals surface area (Å²) < 4.78 is 9.56. The number of hydrogen-bond acceptors (Lipinski definition) is 2. The van der Waals surface area contributed by atoms with Gasteiger partial charge in [-0.2, -0.15) is 5.26 Å². The Hall–Kier alpha value is -0.400. The molecule has 0 spiro atoms. The molecule has 4 heteroatoms. The summed E-state index contributed by atoms with van der Waals surface area (Å²) in [5, 5.41) is 7.32. The molecule has 50 valence electrons. The fourth-order valence-corrected chi connectivity index (χ4v) is 0. The van der Waals surface area contributed by atoms with Gasteiger partial charge in [-0.25, -0.2) is 0 Å². The van der Waals surface area contributed by atoms with Gasteiger partial charge in [-0.05, 0) is 0 Å². The van der Waals surface area contributed by atoms with Gasteiger partial charge < -0.3 is 5.48 Å². The van der Waals surface area contributed by atoms with Gasteiger partial charge in [-0.1, -0.05) is 0 Å². The van der Waals surface area contributed by atoms with Crippen molar-refractivity contribution >= 4 is 10.8 Å². The van der Waals surface area contributed by atoms with Crippen LogP contribution in [-0.2, 0) is 10.8 Å². The molecule has 0 unspecified atom stereocenters. The van der Waals surface area contributed by atoms with Gasteiger partial charge in [0.25, 0.3) is 0 Å². The summed E-state index contributed by atoms with van der Waals surface area (Å²) in [6, 6.07) is 1.75. The summed E-state index contributed by atoms with van der Waals surface area (Å²) in [4.78, 5) is 0. The summed E-state index contributed by atoms with van der Waals surface area (Å²) in [5.74, 6) is 0. The molecule has 0 fully saturated rings. The van der Waals surface area contributed by atoms with Crippen molar-refractivity contribution in [3.8, 4) is 6.07 Å². The van der Waals surface area contributed by atoms with Crippen LogP contribution >= 0.6 is 0 Å². The van der Waals surface area contributed by atoms with E-state index in [1.165, 1.54) is 6.92 Å². The van der Waals surface area contributed by atoms with Crippen molar-refractivity contribution in [2.24, 2.45) is 0 Å². The van der Waals surface area contributed by atoms with Crippen LogP contribution in [0.2, 0.25) is 0 Å². The van der Waals surface area contributed by atoms with Crippen molar-refractivity contribution in [3.63, 3.8) is 0 Å². The normalized spacial score (nSPS) is 5.38. The fourth-order valence-electron chi connectivity index (χ4n) is 0. The average molecular weight is 137 g/mol. The van der Waals surface area contributed by atoms with E-state index in [1.807, 2.05) is 0 Å². The predicted octanol–water partition coefficient (Wildman–Crippen LogP) is -0.300. The Kier molecular flexibility index (Phi) is 31.2. The van der Waals surface area contributed by atoms with E-state index in [-0.39, 0.29) is 5.48 Å². The van der Waals surface area contributed by atoms with Crippen LogP contribution < -0.4 is 0 Å². The summed E-state index contributed by atoms with van der Waals surface area (Å²) in [6.45, 7) is 1.43. The van der Waals surface area contributed by atoms with Crippen LogP contribution in [0.3, 0.4) is 0 Å². The highest BCUT2D eigenvalue weighted by atomic mass is 32.2. The molecule has 0 heterocycles. The maximum atomic E-state index is 9.56. The quantitative estimate of drug-likeness (QED) is 0.459. The topological polar surface area (TPSA) is 72.4 Å². The molecule has 0 aromatic carbocycles. The molecular weight excluding hydrogens is 126 g/mol. The lowest BCUT2D eigenvalue weighted by molar-refractivity contribution is 0.690. The minimum absolute atomic E-state index is 0. The molecule has 0 rings (SSSR count). The molecule has 3 nitrogen and oxygen atoms in total. The average Bonchev–Trinajstić information content (AvgIpc) is 1.33. The largest absolute Gasteiger partial charge is 0.412 e. The minimum atomic E-state index is -0.611. The first-order valence-corrected chi connectivity index (χ1v) is 3.67. The van der Waals surface area contributed by atoms with Crippen LogP contribution in [0.15, 0.2) is 0 Å². The zero-order valence-electron chi connectivity index (χ0n) is 5.26. The molecule has 0 amide bonds. The first kappa shape index (κ1) is 15.6. The van der Waals surface area contributed by atoms with Crippen molar-refractivity contribution in [1.82, 2.24) is 0 Å². The highest BCUT2D eigenvalue weighted by Gasteiger charge is 1.57. The van der Waals surface area contributed by atoms with E-state index >= 15 is 0 Å².